The summed E-state index contributed by atoms with van der Waals surface area (Å²) in [4.78, 5) is 23.7. The summed E-state index contributed by atoms with van der Waals surface area (Å²) in [5, 5.41) is 3.20. The number of thiocarbonyl (C=S) groups is 1. The predicted octanol–water partition coefficient (Wildman–Crippen LogP) is 1.54. The summed E-state index contributed by atoms with van der Waals surface area (Å²) in [5.74, 6) is -0.137. The Labute approximate surface area is 145 Å². The van der Waals surface area contributed by atoms with Crippen LogP contribution in [0, 0.1) is 6.92 Å². The summed E-state index contributed by atoms with van der Waals surface area (Å²) in [5.41, 5.74) is 6.33. The highest BCUT2D eigenvalue weighted by molar-refractivity contribution is 8.00. The van der Waals surface area contributed by atoms with Crippen molar-refractivity contribution in [1.82, 2.24) is 16.2 Å². The Morgan fingerprint density at radius 2 is 1.91 bits per heavy atom. The molecule has 0 atom stereocenters. The van der Waals surface area contributed by atoms with Crippen LogP contribution in [-0.4, -0.2) is 36.4 Å². The molecule has 0 fully saturated rings. The summed E-state index contributed by atoms with van der Waals surface area (Å²) in [6.45, 7) is 2.54. The van der Waals surface area contributed by atoms with Crippen LogP contribution < -0.4 is 16.2 Å². The molecule has 0 spiro atoms. The van der Waals surface area contributed by atoms with Gasteiger partial charge in [-0.05, 0) is 37.7 Å². The lowest BCUT2D eigenvalue weighted by Gasteiger charge is -2.11. The molecule has 0 aromatic heterocycles. The highest BCUT2D eigenvalue weighted by Gasteiger charge is 2.04. The molecule has 0 aliphatic rings. The SMILES string of the molecule is COC(=O)CCCNC(=S)NNC(=O)CSc1ccc(C)cc1. The summed E-state index contributed by atoms with van der Waals surface area (Å²) >= 11 is 6.46. The number of rotatable bonds is 7. The van der Waals surface area contributed by atoms with E-state index < -0.39 is 0 Å². The number of thioether (sulfide) groups is 1. The Hall–Kier alpha value is -1.80. The molecule has 0 saturated heterocycles. The van der Waals surface area contributed by atoms with Crippen LogP contribution in [0.3, 0.4) is 0 Å². The molecule has 6 nitrogen and oxygen atoms in total. The second-order valence-electron chi connectivity index (χ2n) is 4.71. The maximum Gasteiger partial charge on any atom is 0.305 e. The minimum Gasteiger partial charge on any atom is -0.469 e. The van der Waals surface area contributed by atoms with Crippen LogP contribution in [0.15, 0.2) is 29.2 Å². The van der Waals surface area contributed by atoms with Crippen molar-refractivity contribution in [2.75, 3.05) is 19.4 Å². The van der Waals surface area contributed by atoms with Gasteiger partial charge in [0.15, 0.2) is 5.11 Å². The van der Waals surface area contributed by atoms with Crippen molar-refractivity contribution >= 4 is 41.0 Å². The van der Waals surface area contributed by atoms with E-state index in [0.717, 1.165) is 4.90 Å². The van der Waals surface area contributed by atoms with Crippen LogP contribution >= 0.6 is 24.0 Å². The van der Waals surface area contributed by atoms with Crippen LogP contribution in [-0.2, 0) is 14.3 Å². The van der Waals surface area contributed by atoms with Crippen molar-refractivity contribution in [3.05, 3.63) is 29.8 Å². The molecule has 1 amide bonds. The van der Waals surface area contributed by atoms with E-state index in [2.05, 4.69) is 20.9 Å². The average Bonchev–Trinajstić information content (AvgIpc) is 2.56. The summed E-state index contributed by atoms with van der Waals surface area (Å²) in [6.07, 6.45) is 0.928. The van der Waals surface area contributed by atoms with E-state index >= 15 is 0 Å². The summed E-state index contributed by atoms with van der Waals surface area (Å²) in [7, 11) is 1.35. The minimum absolute atomic E-state index is 0.172. The molecular formula is C15H21N3O3S2. The standard InChI is InChI=1S/C15H21N3O3S2/c1-11-5-7-12(8-6-11)23-10-13(19)17-18-15(22)16-9-3-4-14(20)21-2/h5-8H,3-4,9-10H2,1-2H3,(H,17,19)(H2,16,18,22). The first kappa shape index (κ1) is 19.2. The first-order chi connectivity index (χ1) is 11.0. The number of methoxy groups -OCH3 is 1. The van der Waals surface area contributed by atoms with Gasteiger partial charge in [-0.3, -0.25) is 20.4 Å². The third-order valence-corrected chi connectivity index (χ3v) is 4.04. The minimum atomic E-state index is -0.257. The van der Waals surface area contributed by atoms with Gasteiger partial charge in [0.1, 0.15) is 0 Å². The molecular weight excluding hydrogens is 334 g/mol. The first-order valence-corrected chi connectivity index (χ1v) is 8.49. The topological polar surface area (TPSA) is 79.5 Å². The maximum absolute atomic E-state index is 11.7. The largest absolute Gasteiger partial charge is 0.469 e. The van der Waals surface area contributed by atoms with Crippen LogP contribution in [0.25, 0.3) is 0 Å². The molecule has 3 N–H and O–H groups in total. The van der Waals surface area contributed by atoms with Crippen molar-refractivity contribution in [2.24, 2.45) is 0 Å². The van der Waals surface area contributed by atoms with Gasteiger partial charge in [-0.2, -0.15) is 0 Å². The second kappa shape index (κ2) is 10.8. The fraction of sp³-hybridized carbons (Fsp3) is 0.400. The number of nitrogens with one attached hydrogen (secondary N) is 3. The molecule has 0 heterocycles. The molecule has 1 rings (SSSR count). The lowest BCUT2D eigenvalue weighted by molar-refractivity contribution is -0.140. The monoisotopic (exact) mass is 355 g/mol. The Morgan fingerprint density at radius 1 is 1.22 bits per heavy atom. The molecule has 1 aromatic rings. The second-order valence-corrected chi connectivity index (χ2v) is 6.17. The molecule has 23 heavy (non-hydrogen) atoms. The molecule has 0 saturated carbocycles. The zero-order valence-corrected chi connectivity index (χ0v) is 14.8. The van der Waals surface area contributed by atoms with Crippen LogP contribution in [0.4, 0.5) is 0 Å². The number of benzene rings is 1. The fourth-order valence-electron chi connectivity index (χ4n) is 1.53. The number of aryl methyl sites for hydroxylation is 1. The highest BCUT2D eigenvalue weighted by Crippen LogP contribution is 2.17. The van der Waals surface area contributed by atoms with Crippen LogP contribution in [0.2, 0.25) is 0 Å². The maximum atomic E-state index is 11.7. The lowest BCUT2D eigenvalue weighted by Crippen LogP contribution is -2.47. The molecule has 0 bridgehead atoms. The van der Waals surface area contributed by atoms with E-state index in [1.807, 2.05) is 31.2 Å². The highest BCUT2D eigenvalue weighted by atomic mass is 32.2. The molecule has 0 aliphatic carbocycles. The Bertz CT molecular complexity index is 535. The van der Waals surface area contributed by atoms with Crippen molar-refractivity contribution in [3.8, 4) is 0 Å². The Balaban J connectivity index is 2.11. The zero-order chi connectivity index (χ0) is 17.1. The number of hydrogen-bond acceptors (Lipinski definition) is 5. The lowest BCUT2D eigenvalue weighted by atomic mass is 10.2. The molecule has 8 heteroatoms. The van der Waals surface area contributed by atoms with Gasteiger partial charge >= 0.3 is 5.97 Å². The summed E-state index contributed by atoms with van der Waals surface area (Å²) < 4.78 is 4.53. The van der Waals surface area contributed by atoms with Gasteiger partial charge in [-0.15, -0.1) is 11.8 Å². The fourth-order valence-corrected chi connectivity index (χ4v) is 2.38. The predicted molar refractivity (Wildman–Crippen MR) is 95.0 cm³/mol. The third kappa shape index (κ3) is 9.04. The number of hydrogen-bond donors (Lipinski definition) is 3. The van der Waals surface area contributed by atoms with Gasteiger partial charge in [-0.1, -0.05) is 17.7 Å². The van der Waals surface area contributed by atoms with Gasteiger partial charge in [0.2, 0.25) is 5.91 Å². The van der Waals surface area contributed by atoms with Gasteiger partial charge in [-0.25, -0.2) is 0 Å². The smallest absolute Gasteiger partial charge is 0.305 e. The number of carbonyl (C=O) groups excluding carboxylic acids is 2. The molecule has 0 aliphatic heterocycles. The number of hydrazine groups is 1. The molecule has 0 radical (unpaired) electrons. The van der Waals surface area contributed by atoms with E-state index in [4.69, 9.17) is 12.2 Å². The number of carbonyl (C=O) groups is 2. The number of esters is 1. The van der Waals surface area contributed by atoms with E-state index in [1.165, 1.54) is 24.4 Å². The van der Waals surface area contributed by atoms with Crippen molar-refractivity contribution < 1.29 is 14.3 Å². The van der Waals surface area contributed by atoms with Gasteiger partial charge in [0.25, 0.3) is 0 Å². The van der Waals surface area contributed by atoms with Crippen LogP contribution in [0.5, 0.6) is 0 Å². The Kier molecular flexibility index (Phi) is 9.08. The quantitative estimate of drug-likeness (QED) is 0.225. The van der Waals surface area contributed by atoms with E-state index in [9.17, 15) is 9.59 Å². The Morgan fingerprint density at radius 3 is 2.57 bits per heavy atom. The zero-order valence-electron chi connectivity index (χ0n) is 13.2. The molecule has 126 valence electrons. The van der Waals surface area contributed by atoms with Crippen molar-refractivity contribution in [1.29, 1.82) is 0 Å². The van der Waals surface area contributed by atoms with Gasteiger partial charge in [0.05, 0.1) is 12.9 Å². The van der Waals surface area contributed by atoms with Crippen molar-refractivity contribution in [2.45, 2.75) is 24.7 Å². The van der Waals surface area contributed by atoms with E-state index in [1.54, 1.807) is 0 Å². The average molecular weight is 355 g/mol. The summed E-state index contributed by atoms with van der Waals surface area (Å²) in [6, 6.07) is 7.97. The van der Waals surface area contributed by atoms with Gasteiger partial charge < -0.3 is 10.1 Å². The normalized spacial score (nSPS) is 9.83. The number of ether oxygens (including phenoxy) is 1. The van der Waals surface area contributed by atoms with Crippen LogP contribution in [0.1, 0.15) is 18.4 Å². The number of amides is 1. The molecule has 0 unspecified atom stereocenters. The third-order valence-electron chi connectivity index (χ3n) is 2.78. The molecule has 1 aromatic carbocycles. The van der Waals surface area contributed by atoms with E-state index in [0.29, 0.717) is 30.3 Å². The van der Waals surface area contributed by atoms with Gasteiger partial charge in [0, 0.05) is 17.9 Å². The van der Waals surface area contributed by atoms with E-state index in [-0.39, 0.29) is 11.9 Å². The van der Waals surface area contributed by atoms with Crippen molar-refractivity contribution in [3.63, 3.8) is 0 Å². The first-order valence-electron chi connectivity index (χ1n) is 7.10.